The normalized spacial score (nSPS) is 16.4. The standard InChI is InChI=1S/C23H25N3O3S/c1-28-20-9-8-17(12-21(20)29-2)23-25-19(15-30-23)22(27)24-18-10-11-26(14-18)13-16-6-4-3-5-7-16/h3-9,12,15,18H,10-11,13-14H2,1-2H3,(H,24,27). The van der Waals surface area contributed by atoms with Gasteiger partial charge in [-0.25, -0.2) is 4.98 Å². The summed E-state index contributed by atoms with van der Waals surface area (Å²) < 4.78 is 10.6. The van der Waals surface area contributed by atoms with E-state index in [0.29, 0.717) is 17.2 Å². The van der Waals surface area contributed by atoms with Crippen molar-refractivity contribution in [1.29, 1.82) is 0 Å². The van der Waals surface area contributed by atoms with Crippen LogP contribution in [0.25, 0.3) is 10.6 Å². The number of aromatic nitrogens is 1. The van der Waals surface area contributed by atoms with E-state index >= 15 is 0 Å². The minimum atomic E-state index is -0.121. The van der Waals surface area contributed by atoms with Crippen molar-refractivity contribution >= 4 is 17.2 Å². The summed E-state index contributed by atoms with van der Waals surface area (Å²) in [5.74, 6) is 1.18. The summed E-state index contributed by atoms with van der Waals surface area (Å²) in [6, 6.07) is 16.2. The van der Waals surface area contributed by atoms with Crippen molar-refractivity contribution in [2.45, 2.75) is 19.0 Å². The predicted octanol–water partition coefficient (Wildman–Crippen LogP) is 3.83. The van der Waals surface area contributed by atoms with E-state index in [1.54, 1.807) is 19.6 Å². The number of thiazole rings is 1. The molecule has 2 aromatic carbocycles. The molecule has 4 rings (SSSR count). The third-order valence-electron chi connectivity index (χ3n) is 5.22. The third-order valence-corrected chi connectivity index (χ3v) is 6.12. The van der Waals surface area contributed by atoms with Gasteiger partial charge >= 0.3 is 0 Å². The topological polar surface area (TPSA) is 63.7 Å². The molecule has 1 N–H and O–H groups in total. The Kier molecular flexibility index (Phi) is 6.30. The summed E-state index contributed by atoms with van der Waals surface area (Å²) in [6.07, 6.45) is 0.950. The molecule has 0 spiro atoms. The maximum atomic E-state index is 12.7. The van der Waals surface area contributed by atoms with Crippen LogP contribution in [-0.4, -0.2) is 49.1 Å². The fourth-order valence-corrected chi connectivity index (χ4v) is 4.47. The van der Waals surface area contributed by atoms with Crippen molar-refractivity contribution in [3.05, 3.63) is 65.2 Å². The molecule has 1 fully saturated rings. The molecule has 6 nitrogen and oxygen atoms in total. The number of nitrogens with zero attached hydrogens (tertiary/aromatic N) is 2. The van der Waals surface area contributed by atoms with Crippen molar-refractivity contribution in [2.75, 3.05) is 27.3 Å². The molecule has 30 heavy (non-hydrogen) atoms. The molecule has 7 heteroatoms. The molecule has 1 aromatic heterocycles. The Morgan fingerprint density at radius 3 is 2.73 bits per heavy atom. The predicted molar refractivity (Wildman–Crippen MR) is 118 cm³/mol. The first-order chi connectivity index (χ1) is 14.7. The first kappa shape index (κ1) is 20.4. The van der Waals surface area contributed by atoms with Crippen molar-refractivity contribution in [3.8, 4) is 22.1 Å². The zero-order chi connectivity index (χ0) is 20.9. The monoisotopic (exact) mass is 423 g/mol. The van der Waals surface area contributed by atoms with E-state index in [9.17, 15) is 4.79 Å². The molecule has 1 atom stereocenters. The number of nitrogens with one attached hydrogen (secondary N) is 1. The number of likely N-dealkylation sites (tertiary alicyclic amines) is 1. The van der Waals surface area contributed by atoms with Crippen LogP contribution in [0, 0.1) is 0 Å². The molecule has 0 radical (unpaired) electrons. The summed E-state index contributed by atoms with van der Waals surface area (Å²) in [7, 11) is 3.21. The second kappa shape index (κ2) is 9.28. The molecule has 0 aliphatic carbocycles. The molecule has 156 valence electrons. The quantitative estimate of drug-likeness (QED) is 0.626. The molecule has 1 aliphatic heterocycles. The highest BCUT2D eigenvalue weighted by molar-refractivity contribution is 7.13. The number of carbonyl (C=O) groups excluding carboxylic acids is 1. The van der Waals surface area contributed by atoms with E-state index in [1.165, 1.54) is 16.9 Å². The number of ether oxygens (including phenoxy) is 2. The zero-order valence-corrected chi connectivity index (χ0v) is 17.9. The average molecular weight is 424 g/mol. The first-order valence-electron chi connectivity index (χ1n) is 9.91. The van der Waals surface area contributed by atoms with Crippen molar-refractivity contribution in [3.63, 3.8) is 0 Å². The van der Waals surface area contributed by atoms with Crippen LogP contribution < -0.4 is 14.8 Å². The maximum Gasteiger partial charge on any atom is 0.271 e. The van der Waals surface area contributed by atoms with Gasteiger partial charge in [-0.1, -0.05) is 30.3 Å². The summed E-state index contributed by atoms with van der Waals surface area (Å²) >= 11 is 1.45. The molecule has 3 aromatic rings. The highest BCUT2D eigenvalue weighted by atomic mass is 32.1. The minimum absolute atomic E-state index is 0.121. The van der Waals surface area contributed by atoms with E-state index in [1.807, 2.05) is 24.3 Å². The largest absolute Gasteiger partial charge is 0.493 e. The van der Waals surface area contributed by atoms with Crippen LogP contribution in [-0.2, 0) is 6.54 Å². The van der Waals surface area contributed by atoms with Gasteiger partial charge in [0.15, 0.2) is 11.5 Å². The first-order valence-corrected chi connectivity index (χ1v) is 10.8. The number of methoxy groups -OCH3 is 2. The van der Waals surface area contributed by atoms with Gasteiger partial charge in [-0.3, -0.25) is 9.69 Å². The van der Waals surface area contributed by atoms with Crippen molar-refractivity contribution in [2.24, 2.45) is 0 Å². The minimum Gasteiger partial charge on any atom is -0.493 e. The van der Waals surface area contributed by atoms with Crippen LogP contribution in [0.1, 0.15) is 22.5 Å². The Hall–Kier alpha value is -2.90. The lowest BCUT2D eigenvalue weighted by Gasteiger charge is -2.16. The summed E-state index contributed by atoms with van der Waals surface area (Å²) in [4.78, 5) is 19.6. The van der Waals surface area contributed by atoms with Gasteiger partial charge in [0.05, 0.1) is 14.2 Å². The number of amides is 1. The second-order valence-corrected chi connectivity index (χ2v) is 8.15. The van der Waals surface area contributed by atoms with E-state index in [4.69, 9.17) is 9.47 Å². The molecule has 0 saturated carbocycles. The molecular weight excluding hydrogens is 398 g/mol. The number of carbonyl (C=O) groups is 1. The van der Waals surface area contributed by atoms with Gasteiger partial charge in [-0.15, -0.1) is 11.3 Å². The molecule has 2 heterocycles. The van der Waals surface area contributed by atoms with E-state index in [2.05, 4.69) is 39.5 Å². The Bertz CT molecular complexity index is 1010. The van der Waals surface area contributed by atoms with Gasteiger partial charge in [-0.05, 0) is 30.2 Å². The number of hydrogen-bond acceptors (Lipinski definition) is 6. The molecule has 1 aliphatic rings. The Morgan fingerprint density at radius 1 is 1.17 bits per heavy atom. The van der Waals surface area contributed by atoms with E-state index in [0.717, 1.165) is 36.6 Å². The summed E-state index contributed by atoms with van der Waals surface area (Å²) in [6.45, 7) is 2.74. The van der Waals surface area contributed by atoms with Gasteiger partial charge in [0.1, 0.15) is 10.7 Å². The Balaban J connectivity index is 1.37. The van der Waals surface area contributed by atoms with Crippen LogP contribution >= 0.6 is 11.3 Å². The van der Waals surface area contributed by atoms with Gasteiger partial charge < -0.3 is 14.8 Å². The lowest BCUT2D eigenvalue weighted by molar-refractivity contribution is 0.0933. The van der Waals surface area contributed by atoms with Crippen LogP contribution in [0.4, 0.5) is 0 Å². The highest BCUT2D eigenvalue weighted by Gasteiger charge is 2.25. The van der Waals surface area contributed by atoms with Crippen LogP contribution in [0.5, 0.6) is 11.5 Å². The van der Waals surface area contributed by atoms with Gasteiger partial charge in [0.2, 0.25) is 0 Å². The lowest BCUT2D eigenvalue weighted by Crippen LogP contribution is -2.37. The smallest absolute Gasteiger partial charge is 0.271 e. The van der Waals surface area contributed by atoms with Gasteiger partial charge in [-0.2, -0.15) is 0 Å². The summed E-state index contributed by atoms with van der Waals surface area (Å²) in [5, 5.41) is 5.72. The second-order valence-electron chi connectivity index (χ2n) is 7.29. The fraction of sp³-hybridized carbons (Fsp3) is 0.304. The Labute approximate surface area is 180 Å². The maximum absolute atomic E-state index is 12.7. The van der Waals surface area contributed by atoms with Crippen molar-refractivity contribution < 1.29 is 14.3 Å². The van der Waals surface area contributed by atoms with Gasteiger partial charge in [0, 0.05) is 36.6 Å². The van der Waals surface area contributed by atoms with E-state index in [-0.39, 0.29) is 11.9 Å². The zero-order valence-electron chi connectivity index (χ0n) is 17.1. The molecule has 1 saturated heterocycles. The molecule has 1 amide bonds. The number of benzene rings is 2. The average Bonchev–Trinajstić information content (AvgIpc) is 3.44. The number of rotatable bonds is 7. The molecule has 0 bridgehead atoms. The molecule has 1 unspecified atom stereocenters. The highest BCUT2D eigenvalue weighted by Crippen LogP contribution is 2.33. The Morgan fingerprint density at radius 2 is 1.97 bits per heavy atom. The summed E-state index contributed by atoms with van der Waals surface area (Å²) in [5.41, 5.74) is 2.64. The van der Waals surface area contributed by atoms with Crippen molar-refractivity contribution in [1.82, 2.24) is 15.2 Å². The van der Waals surface area contributed by atoms with Crippen LogP contribution in [0.2, 0.25) is 0 Å². The van der Waals surface area contributed by atoms with Gasteiger partial charge in [0.25, 0.3) is 5.91 Å². The number of hydrogen-bond donors (Lipinski definition) is 1. The SMILES string of the molecule is COc1ccc(-c2nc(C(=O)NC3CCN(Cc4ccccc4)C3)cs2)cc1OC. The van der Waals surface area contributed by atoms with E-state index < -0.39 is 0 Å². The molecular formula is C23H25N3O3S. The third kappa shape index (κ3) is 4.63. The fourth-order valence-electron chi connectivity index (χ4n) is 3.67. The lowest BCUT2D eigenvalue weighted by atomic mass is 10.2. The van der Waals surface area contributed by atoms with Crippen LogP contribution in [0.3, 0.4) is 0 Å². The van der Waals surface area contributed by atoms with Crippen LogP contribution in [0.15, 0.2) is 53.9 Å².